The summed E-state index contributed by atoms with van der Waals surface area (Å²) in [7, 11) is 0. The molecule has 0 fully saturated rings. The van der Waals surface area contributed by atoms with Gasteiger partial charge >= 0.3 is 0 Å². The van der Waals surface area contributed by atoms with E-state index in [0.717, 1.165) is 0 Å². The molecule has 0 saturated heterocycles. The lowest BCUT2D eigenvalue weighted by atomic mass is 9.75. The van der Waals surface area contributed by atoms with E-state index in [0.29, 0.717) is 0 Å². The summed E-state index contributed by atoms with van der Waals surface area (Å²) in [5, 5.41) is 5.37. The van der Waals surface area contributed by atoms with E-state index in [1.807, 2.05) is 0 Å². The zero-order valence-corrected chi connectivity index (χ0v) is 33.2. The quantitative estimate of drug-likeness (QED) is 0.168. The van der Waals surface area contributed by atoms with Crippen LogP contribution in [-0.2, 0) is 16.2 Å². The fourth-order valence-corrected chi connectivity index (χ4v) is 11.7. The Bertz CT molecular complexity index is 2780. The normalized spacial score (nSPS) is 16.1. The van der Waals surface area contributed by atoms with Crippen molar-refractivity contribution in [1.82, 2.24) is 0 Å². The Balaban J connectivity index is 1.17. The van der Waals surface area contributed by atoms with Crippen molar-refractivity contribution in [2.24, 2.45) is 0 Å². The molecular weight excluding hydrogens is 661 g/mol. The van der Waals surface area contributed by atoms with Crippen molar-refractivity contribution in [3.63, 3.8) is 0 Å². The molecule has 0 aromatic heterocycles. The molecule has 0 spiro atoms. The third kappa shape index (κ3) is 4.03. The molecule has 3 aliphatic rings. The highest BCUT2D eigenvalue weighted by Crippen LogP contribution is 2.63. The van der Waals surface area contributed by atoms with Gasteiger partial charge in [-0.3, -0.25) is 0 Å². The maximum absolute atomic E-state index is 2.62. The molecule has 11 rings (SSSR count). The van der Waals surface area contributed by atoms with Gasteiger partial charge < -0.3 is 0 Å². The molecule has 0 nitrogen and oxygen atoms in total. The minimum absolute atomic E-state index is 0.154. The van der Waals surface area contributed by atoms with E-state index in [-0.39, 0.29) is 16.2 Å². The van der Waals surface area contributed by atoms with Crippen LogP contribution in [0.1, 0.15) is 86.1 Å². The fourth-order valence-electron chi connectivity index (χ4n) is 11.7. The molecule has 0 atom stereocenters. The van der Waals surface area contributed by atoms with Crippen LogP contribution in [0.5, 0.6) is 0 Å². The summed E-state index contributed by atoms with van der Waals surface area (Å²) in [6.45, 7) is 19.7. The number of hydrogen-bond acceptors (Lipinski definition) is 0. The highest BCUT2D eigenvalue weighted by molar-refractivity contribution is 6.12. The lowest BCUT2D eigenvalue weighted by Crippen LogP contribution is -2.20. The zero-order valence-electron chi connectivity index (χ0n) is 33.2. The van der Waals surface area contributed by atoms with Crippen LogP contribution in [0.25, 0.3) is 77.2 Å². The molecule has 0 bridgehead atoms. The topological polar surface area (TPSA) is 0 Å². The van der Waals surface area contributed by atoms with Crippen molar-refractivity contribution in [1.29, 1.82) is 0 Å². The molecule has 0 aliphatic heterocycles. The molecule has 8 aromatic carbocycles. The summed E-state index contributed by atoms with van der Waals surface area (Å²) in [6, 6.07) is 50.4. The largest absolute Gasteiger partial charge is 0.0622 e. The predicted molar refractivity (Wildman–Crippen MR) is 234 cm³/mol. The van der Waals surface area contributed by atoms with Gasteiger partial charge in [0.2, 0.25) is 0 Å². The minimum Gasteiger partial charge on any atom is -0.0622 e. The second kappa shape index (κ2) is 10.7. The monoisotopic (exact) mass is 706 g/mol. The molecular formula is C55H46. The summed E-state index contributed by atoms with van der Waals surface area (Å²) in [5.74, 6) is 0. The van der Waals surface area contributed by atoms with Gasteiger partial charge in [0, 0.05) is 16.2 Å². The van der Waals surface area contributed by atoms with E-state index >= 15 is 0 Å². The number of rotatable bonds is 2. The highest BCUT2D eigenvalue weighted by atomic mass is 14.5. The Morgan fingerprint density at radius 3 is 1.00 bits per heavy atom. The zero-order chi connectivity index (χ0) is 37.8. The Kier molecular flexibility index (Phi) is 6.38. The summed E-state index contributed by atoms with van der Waals surface area (Å²) < 4.78 is 0. The van der Waals surface area contributed by atoms with E-state index in [4.69, 9.17) is 0 Å². The SMILES string of the molecule is Cc1c2c(cc3c1C(C)(C)c1c-3cc3c(c1C)-c1c(cc(-c4ccccc4)c4ccccc14)C3(C)C)C(C)(C)c1cc(-c3ccccc3)c3ccccc3c1-2. The van der Waals surface area contributed by atoms with Gasteiger partial charge in [-0.2, -0.15) is 0 Å². The molecule has 0 N–H and O–H groups in total. The lowest BCUT2D eigenvalue weighted by molar-refractivity contribution is 0.642. The first kappa shape index (κ1) is 32.7. The first-order valence-electron chi connectivity index (χ1n) is 20.0. The number of hydrogen-bond donors (Lipinski definition) is 0. The van der Waals surface area contributed by atoms with Gasteiger partial charge in [-0.1, -0.05) is 151 Å². The first-order chi connectivity index (χ1) is 26.4. The molecule has 0 unspecified atom stereocenters. The van der Waals surface area contributed by atoms with Crippen molar-refractivity contribution in [2.75, 3.05) is 0 Å². The molecule has 0 heteroatoms. The average molecular weight is 707 g/mol. The lowest BCUT2D eigenvalue weighted by Gasteiger charge is -2.28. The van der Waals surface area contributed by atoms with Crippen molar-refractivity contribution in [3.05, 3.63) is 178 Å². The standard InChI is InChI=1S/C55H46/c1-31-47-43(53(3,4)45-27-39(33-19-11-9-12-20-33)35-23-15-17-25-37(35)49(45)47)29-41-42-30-44-48(32(2)52(42)55(7,8)51(31)41)50-38-26-18-16-24-36(38)40(28-46(50)54(44,5)6)34-21-13-10-14-22-34/h9-30H,1-8H3. The van der Waals surface area contributed by atoms with E-state index in [1.165, 1.54) is 122 Å². The third-order valence-corrected chi connectivity index (χ3v) is 14.1. The van der Waals surface area contributed by atoms with Crippen molar-refractivity contribution in [3.8, 4) is 55.6 Å². The molecule has 266 valence electrons. The van der Waals surface area contributed by atoms with Gasteiger partial charge in [-0.15, -0.1) is 0 Å². The summed E-state index contributed by atoms with van der Waals surface area (Å²) in [6.07, 6.45) is 0. The van der Waals surface area contributed by atoms with Crippen molar-refractivity contribution >= 4 is 21.5 Å². The van der Waals surface area contributed by atoms with Crippen LogP contribution in [0.2, 0.25) is 0 Å². The molecule has 3 aliphatic carbocycles. The molecule has 0 amide bonds. The molecule has 8 aromatic rings. The Morgan fingerprint density at radius 2 is 0.618 bits per heavy atom. The molecule has 0 heterocycles. The molecule has 0 saturated carbocycles. The van der Waals surface area contributed by atoms with Crippen LogP contribution in [0, 0.1) is 13.8 Å². The summed E-state index contributed by atoms with van der Waals surface area (Å²) in [5.41, 5.74) is 25.0. The van der Waals surface area contributed by atoms with Gasteiger partial charge in [-0.25, -0.2) is 0 Å². The molecule has 0 radical (unpaired) electrons. The van der Waals surface area contributed by atoms with Crippen LogP contribution in [0.15, 0.2) is 133 Å². The Hall–Kier alpha value is -5.72. The highest BCUT2D eigenvalue weighted by Gasteiger charge is 2.48. The van der Waals surface area contributed by atoms with Crippen LogP contribution >= 0.6 is 0 Å². The smallest absolute Gasteiger partial charge is 0.0164 e. The van der Waals surface area contributed by atoms with Gasteiger partial charge in [0.05, 0.1) is 0 Å². The van der Waals surface area contributed by atoms with E-state index in [2.05, 4.69) is 189 Å². The van der Waals surface area contributed by atoms with Crippen LogP contribution < -0.4 is 0 Å². The number of fused-ring (bicyclic) bond motifs is 13. The van der Waals surface area contributed by atoms with Gasteiger partial charge in [0.15, 0.2) is 0 Å². The van der Waals surface area contributed by atoms with Crippen molar-refractivity contribution in [2.45, 2.75) is 71.6 Å². The summed E-state index contributed by atoms with van der Waals surface area (Å²) in [4.78, 5) is 0. The maximum Gasteiger partial charge on any atom is 0.0164 e. The minimum atomic E-state index is -0.164. The molecule has 55 heavy (non-hydrogen) atoms. The Labute approximate surface area is 325 Å². The fraction of sp³-hybridized carbons (Fsp3) is 0.200. The second-order valence-electron chi connectivity index (χ2n) is 18.1. The van der Waals surface area contributed by atoms with E-state index in [1.54, 1.807) is 0 Å². The van der Waals surface area contributed by atoms with E-state index in [9.17, 15) is 0 Å². The van der Waals surface area contributed by atoms with Crippen LogP contribution in [-0.4, -0.2) is 0 Å². The van der Waals surface area contributed by atoms with Crippen LogP contribution in [0.4, 0.5) is 0 Å². The van der Waals surface area contributed by atoms with Crippen molar-refractivity contribution < 1.29 is 0 Å². The van der Waals surface area contributed by atoms with Gasteiger partial charge in [-0.05, 0) is 160 Å². The summed E-state index contributed by atoms with van der Waals surface area (Å²) >= 11 is 0. The number of benzene rings is 8. The first-order valence-corrected chi connectivity index (χ1v) is 20.0. The Morgan fingerprint density at radius 1 is 0.309 bits per heavy atom. The van der Waals surface area contributed by atoms with Crippen LogP contribution in [0.3, 0.4) is 0 Å². The van der Waals surface area contributed by atoms with Gasteiger partial charge in [0.25, 0.3) is 0 Å². The second-order valence-corrected chi connectivity index (χ2v) is 18.1. The predicted octanol–water partition coefficient (Wildman–Crippen LogP) is 14.9. The third-order valence-electron chi connectivity index (χ3n) is 14.1. The van der Waals surface area contributed by atoms with Gasteiger partial charge in [0.1, 0.15) is 0 Å². The van der Waals surface area contributed by atoms with E-state index < -0.39 is 0 Å². The maximum atomic E-state index is 2.62. The average Bonchev–Trinajstić information content (AvgIpc) is 3.68.